The van der Waals surface area contributed by atoms with Crippen molar-refractivity contribution in [1.29, 1.82) is 0 Å². The zero-order valence-corrected chi connectivity index (χ0v) is 13.8. The van der Waals surface area contributed by atoms with Crippen LogP contribution in [0.2, 0.25) is 5.02 Å². The third-order valence-corrected chi connectivity index (χ3v) is 3.81. The van der Waals surface area contributed by atoms with Gasteiger partial charge in [0.25, 0.3) is 0 Å². The van der Waals surface area contributed by atoms with Crippen LogP contribution in [0.15, 0.2) is 36.4 Å². The largest absolute Gasteiger partial charge is 0.322 e. The molecule has 0 saturated heterocycles. The summed E-state index contributed by atoms with van der Waals surface area (Å²) in [6, 6.07) is 7.97. The molecule has 2 atom stereocenters. The predicted octanol–water partition coefficient (Wildman–Crippen LogP) is 4.44. The van der Waals surface area contributed by atoms with E-state index in [1.165, 1.54) is 0 Å². The van der Waals surface area contributed by atoms with Crippen LogP contribution in [-0.2, 0) is 4.79 Å². The summed E-state index contributed by atoms with van der Waals surface area (Å²) in [6.45, 7) is 3.44. The maximum absolute atomic E-state index is 13.6. The van der Waals surface area contributed by atoms with E-state index in [0.717, 1.165) is 17.7 Å². The number of rotatable bonds is 5. The molecule has 7 heteroatoms. The van der Waals surface area contributed by atoms with Crippen molar-refractivity contribution < 1.29 is 18.0 Å². The Hall–Kier alpha value is -2.05. The van der Waals surface area contributed by atoms with Crippen molar-refractivity contribution in [3.63, 3.8) is 0 Å². The first-order chi connectivity index (χ1) is 11.3. The number of nitrogens with one attached hydrogen (secondary N) is 2. The first kappa shape index (κ1) is 18.3. The Kier molecular flexibility index (Phi) is 5.85. The molecule has 128 valence electrons. The molecule has 2 N–H and O–H groups in total. The molecule has 2 aromatic carbocycles. The normalized spacial score (nSPS) is 13.4. The molecule has 0 bridgehead atoms. The summed E-state index contributed by atoms with van der Waals surface area (Å²) in [5.74, 6) is -4.93. The third-order valence-electron chi connectivity index (χ3n) is 3.56. The van der Waals surface area contributed by atoms with E-state index in [4.69, 9.17) is 11.6 Å². The van der Waals surface area contributed by atoms with Crippen molar-refractivity contribution in [2.75, 3.05) is 5.32 Å². The third kappa shape index (κ3) is 4.27. The molecule has 0 fully saturated rings. The van der Waals surface area contributed by atoms with Crippen LogP contribution < -0.4 is 10.6 Å². The van der Waals surface area contributed by atoms with Gasteiger partial charge < -0.3 is 5.32 Å². The molecular formula is C17H16ClF3N2O. The second-order valence-corrected chi connectivity index (χ2v) is 5.81. The maximum Gasteiger partial charge on any atom is 0.241 e. The number of halogens is 4. The van der Waals surface area contributed by atoms with Gasteiger partial charge in [-0.15, -0.1) is 0 Å². The first-order valence-electron chi connectivity index (χ1n) is 7.25. The number of hydrogen-bond donors (Lipinski definition) is 2. The average Bonchev–Trinajstić information content (AvgIpc) is 2.55. The number of carbonyl (C=O) groups excluding carboxylic acids is 1. The van der Waals surface area contributed by atoms with Crippen molar-refractivity contribution in [2.24, 2.45) is 0 Å². The van der Waals surface area contributed by atoms with Gasteiger partial charge in [0, 0.05) is 11.1 Å². The zero-order chi connectivity index (χ0) is 17.9. The molecular weight excluding hydrogens is 341 g/mol. The summed E-state index contributed by atoms with van der Waals surface area (Å²) in [4.78, 5) is 12.1. The topological polar surface area (TPSA) is 41.1 Å². The van der Waals surface area contributed by atoms with Gasteiger partial charge in [0.2, 0.25) is 5.91 Å². The van der Waals surface area contributed by atoms with Gasteiger partial charge in [0.1, 0.15) is 0 Å². The average molecular weight is 357 g/mol. The van der Waals surface area contributed by atoms with Gasteiger partial charge in [0.15, 0.2) is 17.5 Å². The van der Waals surface area contributed by atoms with Crippen molar-refractivity contribution in [1.82, 2.24) is 5.32 Å². The first-order valence-corrected chi connectivity index (χ1v) is 7.63. The highest BCUT2D eigenvalue weighted by Gasteiger charge is 2.20. The molecule has 0 aliphatic carbocycles. The Labute approximate surface area is 142 Å². The molecule has 0 aliphatic rings. The van der Waals surface area contributed by atoms with E-state index in [1.807, 2.05) is 19.1 Å². The van der Waals surface area contributed by atoms with Crippen LogP contribution in [0.4, 0.5) is 18.9 Å². The smallest absolute Gasteiger partial charge is 0.241 e. The van der Waals surface area contributed by atoms with Gasteiger partial charge in [-0.25, -0.2) is 13.2 Å². The van der Waals surface area contributed by atoms with Gasteiger partial charge in [0.05, 0.1) is 11.7 Å². The lowest BCUT2D eigenvalue weighted by Crippen LogP contribution is -2.39. The highest BCUT2D eigenvalue weighted by molar-refractivity contribution is 6.30. The quantitative estimate of drug-likeness (QED) is 0.778. The summed E-state index contributed by atoms with van der Waals surface area (Å²) in [7, 11) is 0. The lowest BCUT2D eigenvalue weighted by atomic mass is 10.1. The molecule has 0 radical (unpaired) electrons. The van der Waals surface area contributed by atoms with Gasteiger partial charge >= 0.3 is 0 Å². The standard InChI is InChI=1S/C17H16ClF3N2O/c1-9(11-3-5-12(18)6-4-11)22-10(2)17(24)23-14-8-7-13(19)15(20)16(14)21/h3-10,22H,1-2H3,(H,23,24)/t9-,10+/m0/s1. The second kappa shape index (κ2) is 7.68. The van der Waals surface area contributed by atoms with E-state index in [0.29, 0.717) is 5.02 Å². The molecule has 0 spiro atoms. The molecule has 0 aromatic heterocycles. The highest BCUT2D eigenvalue weighted by Crippen LogP contribution is 2.20. The van der Waals surface area contributed by atoms with Crippen LogP contribution in [0, 0.1) is 17.5 Å². The molecule has 2 rings (SSSR count). The van der Waals surface area contributed by atoms with Crippen LogP contribution in [0.5, 0.6) is 0 Å². The minimum Gasteiger partial charge on any atom is -0.322 e. The number of amides is 1. The highest BCUT2D eigenvalue weighted by atomic mass is 35.5. The van der Waals surface area contributed by atoms with Crippen molar-refractivity contribution in [3.8, 4) is 0 Å². The minimum absolute atomic E-state index is 0.169. The SMILES string of the molecule is C[C@H](N[C@H](C)C(=O)Nc1ccc(F)c(F)c1F)c1ccc(Cl)cc1. The van der Waals surface area contributed by atoms with Crippen LogP contribution in [0.3, 0.4) is 0 Å². The monoisotopic (exact) mass is 356 g/mol. The summed E-state index contributed by atoms with van der Waals surface area (Å²) < 4.78 is 39.7. The molecule has 3 nitrogen and oxygen atoms in total. The lowest BCUT2D eigenvalue weighted by Gasteiger charge is -2.20. The molecule has 0 unspecified atom stereocenters. The number of carbonyl (C=O) groups is 1. The van der Waals surface area contributed by atoms with E-state index < -0.39 is 35.1 Å². The lowest BCUT2D eigenvalue weighted by molar-refractivity contribution is -0.118. The molecule has 1 amide bonds. The Morgan fingerprint density at radius 3 is 2.25 bits per heavy atom. The number of anilines is 1. The van der Waals surface area contributed by atoms with Crippen molar-refractivity contribution in [2.45, 2.75) is 25.9 Å². The van der Waals surface area contributed by atoms with E-state index in [1.54, 1.807) is 19.1 Å². The molecule has 0 heterocycles. The predicted molar refractivity (Wildman–Crippen MR) is 87.4 cm³/mol. The minimum atomic E-state index is -1.62. The van der Waals surface area contributed by atoms with E-state index in [2.05, 4.69) is 10.6 Å². The van der Waals surface area contributed by atoms with Crippen LogP contribution >= 0.6 is 11.6 Å². The Morgan fingerprint density at radius 1 is 1.00 bits per heavy atom. The fourth-order valence-electron chi connectivity index (χ4n) is 2.16. The Bertz CT molecular complexity index is 737. The van der Waals surface area contributed by atoms with Crippen LogP contribution in [0.1, 0.15) is 25.5 Å². The summed E-state index contributed by atoms with van der Waals surface area (Å²) in [5.41, 5.74) is 0.504. The van der Waals surface area contributed by atoms with Gasteiger partial charge in [-0.2, -0.15) is 0 Å². The fourth-order valence-corrected chi connectivity index (χ4v) is 2.29. The summed E-state index contributed by atoms with van der Waals surface area (Å²) in [5, 5.41) is 5.88. The van der Waals surface area contributed by atoms with Crippen molar-refractivity contribution in [3.05, 3.63) is 64.4 Å². The number of benzene rings is 2. The van der Waals surface area contributed by atoms with Crippen LogP contribution in [-0.4, -0.2) is 11.9 Å². The van der Waals surface area contributed by atoms with Crippen LogP contribution in [0.25, 0.3) is 0 Å². The Balaban J connectivity index is 2.02. The molecule has 24 heavy (non-hydrogen) atoms. The molecule has 0 aliphatic heterocycles. The molecule has 0 saturated carbocycles. The maximum atomic E-state index is 13.6. The second-order valence-electron chi connectivity index (χ2n) is 5.37. The van der Waals surface area contributed by atoms with E-state index in [9.17, 15) is 18.0 Å². The van der Waals surface area contributed by atoms with E-state index >= 15 is 0 Å². The zero-order valence-electron chi connectivity index (χ0n) is 13.0. The van der Waals surface area contributed by atoms with E-state index in [-0.39, 0.29) is 6.04 Å². The molecule has 2 aromatic rings. The Morgan fingerprint density at radius 2 is 1.62 bits per heavy atom. The van der Waals surface area contributed by atoms with Gasteiger partial charge in [-0.1, -0.05) is 23.7 Å². The van der Waals surface area contributed by atoms with Gasteiger partial charge in [-0.05, 0) is 43.7 Å². The fraction of sp³-hybridized carbons (Fsp3) is 0.235. The summed E-state index contributed by atoms with van der Waals surface area (Å²) in [6.07, 6.45) is 0. The summed E-state index contributed by atoms with van der Waals surface area (Å²) >= 11 is 5.82. The van der Waals surface area contributed by atoms with Gasteiger partial charge in [-0.3, -0.25) is 10.1 Å². The van der Waals surface area contributed by atoms with Crippen molar-refractivity contribution >= 4 is 23.2 Å². The number of hydrogen-bond acceptors (Lipinski definition) is 2.